The predicted molar refractivity (Wildman–Crippen MR) is 216 cm³/mol. The molecule has 0 radical (unpaired) electrons. The molecule has 0 spiro atoms. The molecule has 10 aromatic rings. The summed E-state index contributed by atoms with van der Waals surface area (Å²) < 4.78 is 9.62. The first-order valence-electron chi connectivity index (χ1n) is 19.5. The van der Waals surface area contributed by atoms with Crippen LogP contribution in [0.15, 0.2) is 108 Å². The summed E-state index contributed by atoms with van der Waals surface area (Å²) in [5.41, 5.74) is 16.7. The molecular formula is C50H33N3O. The first kappa shape index (κ1) is 28.3. The fraction of sp³-hybridized carbons (Fsp3) is 0.200. The first-order chi connectivity index (χ1) is 26.5. The Bertz CT molecular complexity index is 3410. The van der Waals surface area contributed by atoms with Crippen molar-refractivity contribution in [1.82, 2.24) is 9.38 Å². The number of rotatable bonds is 0. The highest BCUT2D eigenvalue weighted by molar-refractivity contribution is 6.34. The quantitative estimate of drug-likeness (QED) is 0.159. The van der Waals surface area contributed by atoms with Crippen molar-refractivity contribution in [2.75, 3.05) is 0 Å². The average molecular weight is 692 g/mol. The smallest absolute Gasteiger partial charge is 0.145 e. The van der Waals surface area contributed by atoms with Crippen molar-refractivity contribution >= 4 is 70.8 Å². The van der Waals surface area contributed by atoms with Gasteiger partial charge in [0, 0.05) is 44.2 Å². The van der Waals surface area contributed by atoms with Gasteiger partial charge in [-0.2, -0.15) is 5.26 Å². The van der Waals surface area contributed by atoms with E-state index in [-0.39, 0.29) is 22.7 Å². The molecule has 1 fully saturated rings. The lowest BCUT2D eigenvalue weighted by molar-refractivity contribution is 0.184. The fourth-order valence-corrected chi connectivity index (χ4v) is 12.3. The Labute approximate surface area is 310 Å². The summed E-state index contributed by atoms with van der Waals surface area (Å²) in [6.07, 6.45) is 6.91. The number of benzene rings is 6. The second-order valence-electron chi connectivity index (χ2n) is 17.4. The van der Waals surface area contributed by atoms with Crippen LogP contribution in [0.5, 0.6) is 0 Å². The van der Waals surface area contributed by atoms with Crippen LogP contribution in [0, 0.1) is 11.3 Å². The molecular weight excluding hydrogens is 659 g/mol. The SMILES string of the molecule is CC12CCC(C)(CC1)c1c2ncc2c1c1cc3c4cc5ccccc5cc4oc3c3c4c5c(c(C#N)cc4n2c13)C1c2ccccc2C5c2ccccc21. The number of nitriles is 1. The number of hydrogen-bond donors (Lipinski definition) is 0. The zero-order chi connectivity index (χ0) is 35.4. The van der Waals surface area contributed by atoms with Crippen LogP contribution in [0.25, 0.3) is 70.8 Å². The molecule has 0 saturated heterocycles. The van der Waals surface area contributed by atoms with Gasteiger partial charge in [-0.15, -0.1) is 0 Å². The minimum Gasteiger partial charge on any atom is -0.455 e. The van der Waals surface area contributed by atoms with Crippen molar-refractivity contribution in [2.24, 2.45) is 0 Å². The number of fused-ring (bicyclic) bond motifs is 13. The molecule has 0 amide bonds. The van der Waals surface area contributed by atoms with Gasteiger partial charge in [-0.1, -0.05) is 86.6 Å². The third-order valence-electron chi connectivity index (χ3n) is 14.8. The summed E-state index contributed by atoms with van der Waals surface area (Å²) in [4.78, 5) is 5.41. The van der Waals surface area contributed by atoms with E-state index < -0.39 is 0 Å². The Morgan fingerprint density at radius 1 is 0.667 bits per heavy atom. The molecule has 4 heterocycles. The molecule has 6 aliphatic carbocycles. The Balaban J connectivity index is 1.26. The lowest BCUT2D eigenvalue weighted by Gasteiger charge is -2.51. The van der Waals surface area contributed by atoms with E-state index in [0.717, 1.165) is 44.1 Å². The van der Waals surface area contributed by atoms with Gasteiger partial charge in [-0.25, -0.2) is 0 Å². The van der Waals surface area contributed by atoms with E-state index in [1.807, 2.05) is 0 Å². The molecule has 6 aromatic carbocycles. The monoisotopic (exact) mass is 691 g/mol. The Morgan fingerprint density at radius 3 is 1.98 bits per heavy atom. The highest BCUT2D eigenvalue weighted by Gasteiger charge is 2.51. The minimum atomic E-state index is -0.00495. The summed E-state index contributed by atoms with van der Waals surface area (Å²) in [7, 11) is 0. The fourth-order valence-electron chi connectivity index (χ4n) is 12.3. The van der Waals surface area contributed by atoms with Gasteiger partial charge in [-0.3, -0.25) is 4.98 Å². The zero-order valence-corrected chi connectivity index (χ0v) is 30.0. The van der Waals surface area contributed by atoms with E-state index in [1.54, 1.807) is 0 Å². The third-order valence-corrected chi connectivity index (χ3v) is 14.8. The molecule has 4 aromatic heterocycles. The van der Waals surface area contributed by atoms with Gasteiger partial charge in [0.05, 0.1) is 45.5 Å². The summed E-state index contributed by atoms with van der Waals surface area (Å²) in [5, 5.41) is 20.8. The first-order valence-corrected chi connectivity index (χ1v) is 19.5. The number of furan rings is 1. The highest BCUT2D eigenvalue weighted by atomic mass is 16.3. The van der Waals surface area contributed by atoms with Gasteiger partial charge in [0.15, 0.2) is 0 Å². The van der Waals surface area contributed by atoms with Crippen LogP contribution >= 0.6 is 0 Å². The van der Waals surface area contributed by atoms with E-state index in [2.05, 4.69) is 128 Å². The predicted octanol–water partition coefficient (Wildman–Crippen LogP) is 12.2. The summed E-state index contributed by atoms with van der Waals surface area (Å²) in [6.45, 7) is 4.93. The van der Waals surface area contributed by atoms with Crippen LogP contribution in [0.4, 0.5) is 0 Å². The van der Waals surface area contributed by atoms with Crippen molar-refractivity contribution in [3.63, 3.8) is 0 Å². The number of nitrogens with zero attached hydrogens (tertiary/aromatic N) is 3. The van der Waals surface area contributed by atoms with E-state index in [9.17, 15) is 5.26 Å². The van der Waals surface area contributed by atoms with Crippen LogP contribution < -0.4 is 0 Å². The summed E-state index contributed by atoms with van der Waals surface area (Å²) in [6, 6.07) is 38.4. The van der Waals surface area contributed by atoms with E-state index in [1.165, 1.54) is 103 Å². The molecule has 6 aliphatic rings. The van der Waals surface area contributed by atoms with Gasteiger partial charge in [0.1, 0.15) is 11.2 Å². The van der Waals surface area contributed by atoms with Crippen LogP contribution in [0.1, 0.15) is 102 Å². The number of aromatic nitrogens is 2. The largest absolute Gasteiger partial charge is 0.455 e. The third kappa shape index (κ3) is 2.98. The normalized spacial score (nSPS) is 23.6. The van der Waals surface area contributed by atoms with E-state index >= 15 is 0 Å². The number of pyridine rings is 1. The van der Waals surface area contributed by atoms with Crippen molar-refractivity contribution in [1.29, 1.82) is 5.26 Å². The van der Waals surface area contributed by atoms with Crippen LogP contribution in [0.2, 0.25) is 0 Å². The molecule has 54 heavy (non-hydrogen) atoms. The molecule has 0 atom stereocenters. The maximum Gasteiger partial charge on any atom is 0.145 e. The van der Waals surface area contributed by atoms with Crippen molar-refractivity contribution in [2.45, 2.75) is 62.2 Å². The van der Waals surface area contributed by atoms with Crippen molar-refractivity contribution < 1.29 is 4.42 Å². The standard InChI is InChI=1S/C50H33N3O/c1-49-15-17-50(2,18-16-49)48-45(49)41-34-22-33-32-19-25-9-3-4-10-26(25)21-37(32)54-47(33)44-42-35(53(46(34)44)36(41)24-52-48)20-27(23-51)38-39-28-11-5-7-13-30(28)40(43(38)42)31-14-8-6-12-29(31)39/h3-14,19-22,24,39-40H,15-18H2,1-2H3. The average Bonchev–Trinajstić information content (AvgIpc) is 3.86. The lowest BCUT2D eigenvalue weighted by Crippen LogP contribution is -2.45. The molecule has 0 N–H and O–H groups in total. The molecule has 254 valence electrons. The van der Waals surface area contributed by atoms with Gasteiger partial charge in [0.2, 0.25) is 0 Å². The van der Waals surface area contributed by atoms with Gasteiger partial charge in [-0.05, 0) is 105 Å². The second kappa shape index (κ2) is 8.95. The molecule has 0 unspecified atom stereocenters. The van der Waals surface area contributed by atoms with Crippen LogP contribution in [-0.4, -0.2) is 9.38 Å². The minimum absolute atomic E-state index is 0.00495. The van der Waals surface area contributed by atoms with Crippen molar-refractivity contribution in [3.8, 4) is 6.07 Å². The number of hydrogen-bond acceptors (Lipinski definition) is 3. The second-order valence-corrected chi connectivity index (χ2v) is 17.4. The molecule has 4 heteroatoms. The van der Waals surface area contributed by atoms with Crippen LogP contribution in [0.3, 0.4) is 0 Å². The van der Waals surface area contributed by atoms with Crippen LogP contribution in [-0.2, 0) is 10.8 Å². The molecule has 1 saturated carbocycles. The zero-order valence-electron chi connectivity index (χ0n) is 30.0. The van der Waals surface area contributed by atoms with Crippen molar-refractivity contribution in [3.05, 3.63) is 153 Å². The maximum atomic E-state index is 11.1. The Morgan fingerprint density at radius 2 is 1.30 bits per heavy atom. The lowest BCUT2D eigenvalue weighted by atomic mass is 9.53. The van der Waals surface area contributed by atoms with E-state index in [0.29, 0.717) is 0 Å². The van der Waals surface area contributed by atoms with Gasteiger partial charge < -0.3 is 8.82 Å². The molecule has 4 bridgehead atoms. The van der Waals surface area contributed by atoms with Gasteiger partial charge in [0.25, 0.3) is 0 Å². The molecule has 16 rings (SSSR count). The molecule has 4 nitrogen and oxygen atoms in total. The highest BCUT2D eigenvalue weighted by Crippen LogP contribution is 2.62. The van der Waals surface area contributed by atoms with E-state index in [4.69, 9.17) is 9.40 Å². The summed E-state index contributed by atoms with van der Waals surface area (Å²) in [5.74, 6) is 0.00252. The summed E-state index contributed by atoms with van der Waals surface area (Å²) >= 11 is 0. The topological polar surface area (TPSA) is 54.2 Å². The maximum absolute atomic E-state index is 11.1. The van der Waals surface area contributed by atoms with Gasteiger partial charge >= 0.3 is 0 Å². The molecule has 0 aliphatic heterocycles. The Kier molecular flexibility index (Phi) is 4.70. The Hall–Kier alpha value is -6.18.